The summed E-state index contributed by atoms with van der Waals surface area (Å²) in [5.74, 6) is -1.72. The third-order valence-corrected chi connectivity index (χ3v) is 14.1. The summed E-state index contributed by atoms with van der Waals surface area (Å²) in [5.41, 5.74) is -5.44. The Kier molecular flexibility index (Phi) is 5.54. The molecule has 0 N–H and O–H groups in total. The number of carbonyl (C=O) groups is 3. The smallest absolute Gasteiger partial charge is 0.319 e. The summed E-state index contributed by atoms with van der Waals surface area (Å²) in [7, 11) is 0. The van der Waals surface area contributed by atoms with Gasteiger partial charge in [0.2, 0.25) is 5.91 Å². The highest BCUT2D eigenvalue weighted by atomic mass is 19.4. The number of hydrogen-bond donors (Lipinski definition) is 0. The van der Waals surface area contributed by atoms with E-state index in [1.165, 1.54) is 0 Å². The van der Waals surface area contributed by atoms with Crippen LogP contribution in [0.25, 0.3) is 0 Å². The van der Waals surface area contributed by atoms with E-state index in [1.54, 1.807) is 6.08 Å². The fourth-order valence-corrected chi connectivity index (χ4v) is 12.1. The Bertz CT molecular complexity index is 1340. The number of nitrogens with zero attached hydrogens (tertiary/aromatic N) is 2. The minimum atomic E-state index is -4.63. The Morgan fingerprint density at radius 3 is 2.17 bits per heavy atom. The molecule has 1 heterocycles. The lowest BCUT2D eigenvalue weighted by atomic mass is 9.30. The van der Waals surface area contributed by atoms with Crippen LogP contribution in [-0.2, 0) is 14.4 Å². The molecule has 2 bridgehead atoms. The summed E-state index contributed by atoms with van der Waals surface area (Å²) < 4.78 is 42.9. The molecule has 0 aromatic heterocycles. The lowest BCUT2D eigenvalue weighted by molar-refractivity contribution is -0.242. The Morgan fingerprint density at radius 2 is 1.56 bits per heavy atom. The van der Waals surface area contributed by atoms with Crippen LogP contribution in [0.5, 0.6) is 0 Å². The van der Waals surface area contributed by atoms with Crippen molar-refractivity contribution in [3.8, 4) is 6.07 Å². The van der Waals surface area contributed by atoms with Crippen LogP contribution in [0.1, 0.15) is 99.8 Å². The molecule has 4 saturated carbocycles. The van der Waals surface area contributed by atoms with Crippen molar-refractivity contribution in [2.24, 2.45) is 50.2 Å². The first-order valence-corrected chi connectivity index (χ1v) is 15.3. The summed E-state index contributed by atoms with van der Waals surface area (Å²) in [4.78, 5) is 43.6. The molecular weight excluding hydrogens is 529 g/mol. The summed E-state index contributed by atoms with van der Waals surface area (Å²) in [5, 5.41) is 9.93. The molecule has 5 fully saturated rings. The number of halogens is 3. The van der Waals surface area contributed by atoms with Gasteiger partial charge in [-0.05, 0) is 73.0 Å². The summed E-state index contributed by atoms with van der Waals surface area (Å²) in [6.07, 6.45) is 1.39. The maximum Gasteiger partial charge on any atom is 0.406 e. The molecule has 0 radical (unpaired) electrons. The Labute approximate surface area is 241 Å². The first kappa shape index (κ1) is 28.9. The van der Waals surface area contributed by atoms with E-state index in [9.17, 15) is 32.8 Å². The van der Waals surface area contributed by atoms with Gasteiger partial charge in [-0.2, -0.15) is 18.4 Å². The quantitative estimate of drug-likeness (QED) is 0.346. The van der Waals surface area contributed by atoms with Crippen molar-refractivity contribution in [3.05, 3.63) is 11.6 Å². The summed E-state index contributed by atoms with van der Waals surface area (Å²) in [6, 6.07) is 2.11. The van der Waals surface area contributed by atoms with E-state index in [-0.39, 0.29) is 40.8 Å². The molecule has 6 aliphatic rings. The van der Waals surface area contributed by atoms with E-state index >= 15 is 0 Å². The van der Waals surface area contributed by atoms with Crippen molar-refractivity contribution >= 4 is 17.5 Å². The maximum absolute atomic E-state index is 15.0. The molecule has 8 atom stereocenters. The van der Waals surface area contributed by atoms with Gasteiger partial charge in [0.05, 0.1) is 11.0 Å². The van der Waals surface area contributed by atoms with Crippen molar-refractivity contribution in [2.75, 3.05) is 6.54 Å². The second-order valence-electron chi connectivity index (χ2n) is 16.5. The molecule has 5 aliphatic carbocycles. The fraction of sp³-hybridized carbons (Fsp3) is 0.818. The van der Waals surface area contributed by atoms with Gasteiger partial charge >= 0.3 is 6.18 Å². The van der Waals surface area contributed by atoms with Crippen LogP contribution in [0.15, 0.2) is 11.6 Å². The number of likely N-dealkylation sites (tertiary alicyclic amines) is 1. The predicted octanol–water partition coefficient (Wildman–Crippen LogP) is 6.81. The van der Waals surface area contributed by atoms with Crippen LogP contribution < -0.4 is 0 Å². The van der Waals surface area contributed by atoms with Crippen molar-refractivity contribution < 1.29 is 27.6 Å². The van der Waals surface area contributed by atoms with E-state index in [1.807, 2.05) is 20.8 Å². The number of nitriles is 1. The zero-order chi connectivity index (χ0) is 30.4. The average molecular weight is 573 g/mol. The maximum atomic E-state index is 15.0. The molecule has 41 heavy (non-hydrogen) atoms. The van der Waals surface area contributed by atoms with Gasteiger partial charge in [-0.3, -0.25) is 14.4 Å². The van der Waals surface area contributed by atoms with Crippen LogP contribution in [0, 0.1) is 61.6 Å². The van der Waals surface area contributed by atoms with Crippen LogP contribution in [-0.4, -0.2) is 40.6 Å². The van der Waals surface area contributed by atoms with E-state index < -0.39 is 57.2 Å². The molecule has 1 saturated heterocycles. The summed E-state index contributed by atoms with van der Waals surface area (Å²) >= 11 is 0. The van der Waals surface area contributed by atoms with Crippen molar-refractivity contribution in [1.29, 1.82) is 5.26 Å². The van der Waals surface area contributed by atoms with E-state index in [0.717, 1.165) is 11.3 Å². The zero-order valence-electron chi connectivity index (χ0n) is 25.4. The van der Waals surface area contributed by atoms with Gasteiger partial charge < -0.3 is 4.90 Å². The lowest BCUT2D eigenvalue weighted by Gasteiger charge is -2.73. The lowest BCUT2D eigenvalue weighted by Crippen LogP contribution is -2.78. The minimum Gasteiger partial charge on any atom is -0.319 e. The van der Waals surface area contributed by atoms with Gasteiger partial charge in [0.15, 0.2) is 11.6 Å². The number of hydrogen-bond acceptors (Lipinski definition) is 4. The number of ketones is 2. The topological polar surface area (TPSA) is 78.2 Å². The van der Waals surface area contributed by atoms with Gasteiger partial charge in [-0.25, -0.2) is 0 Å². The Hall–Kier alpha value is -2.17. The van der Waals surface area contributed by atoms with Crippen molar-refractivity contribution in [2.45, 2.75) is 112 Å². The molecule has 1 amide bonds. The third kappa shape index (κ3) is 3.12. The highest BCUT2D eigenvalue weighted by Crippen LogP contribution is 2.80. The number of Topliss-reactive ketones (excluding diaryl/α,β-unsaturated/α-hetero) is 2. The van der Waals surface area contributed by atoms with Gasteiger partial charge in [-0.1, -0.05) is 54.5 Å². The van der Waals surface area contributed by atoms with Gasteiger partial charge in [0.25, 0.3) is 0 Å². The van der Waals surface area contributed by atoms with E-state index in [2.05, 4.69) is 33.8 Å². The molecular formula is C33H43F3N2O3. The van der Waals surface area contributed by atoms with Crippen molar-refractivity contribution in [3.63, 3.8) is 0 Å². The average Bonchev–Trinajstić information content (AvgIpc) is 2.99. The molecule has 1 aliphatic heterocycles. The second kappa shape index (κ2) is 7.85. The van der Waals surface area contributed by atoms with Gasteiger partial charge in [-0.15, -0.1) is 0 Å². The highest BCUT2D eigenvalue weighted by molar-refractivity contribution is 6.05. The first-order chi connectivity index (χ1) is 18.7. The van der Waals surface area contributed by atoms with Gasteiger partial charge in [0.1, 0.15) is 18.2 Å². The van der Waals surface area contributed by atoms with E-state index in [4.69, 9.17) is 0 Å². The molecule has 224 valence electrons. The highest BCUT2D eigenvalue weighted by Gasteiger charge is 2.84. The molecule has 6 rings (SSSR count). The molecule has 1 spiro atoms. The Balaban J connectivity index is 1.59. The van der Waals surface area contributed by atoms with Crippen LogP contribution in [0.3, 0.4) is 0 Å². The number of carbonyl (C=O) groups excluding carboxylic acids is 3. The zero-order valence-corrected chi connectivity index (χ0v) is 25.4. The van der Waals surface area contributed by atoms with E-state index in [0.29, 0.717) is 38.5 Å². The molecule has 0 aromatic rings. The number of allylic oxidation sites excluding steroid dienone is 2. The monoisotopic (exact) mass is 572 g/mol. The molecule has 0 aromatic carbocycles. The van der Waals surface area contributed by atoms with Gasteiger partial charge in [0, 0.05) is 23.2 Å². The number of rotatable bonds is 1. The molecule has 5 nitrogen and oxygen atoms in total. The van der Waals surface area contributed by atoms with Crippen LogP contribution >= 0.6 is 0 Å². The normalized spacial score (nSPS) is 47.9. The number of fused-ring (bicyclic) bond motifs is 4. The predicted molar refractivity (Wildman–Crippen MR) is 146 cm³/mol. The number of alkyl halides is 3. The second-order valence-corrected chi connectivity index (χ2v) is 16.5. The largest absolute Gasteiger partial charge is 0.406 e. The number of amides is 1. The molecule has 2 unspecified atom stereocenters. The Morgan fingerprint density at radius 1 is 0.927 bits per heavy atom. The summed E-state index contributed by atoms with van der Waals surface area (Å²) in [6.45, 7) is 12.8. The van der Waals surface area contributed by atoms with Crippen LogP contribution in [0.2, 0.25) is 0 Å². The SMILES string of the molecule is CC1(C)CC[C@]23CC[C@]4(C)C(C(=O)C[C@@H]5[C@@]6(C)C=C(C#N)C(=O)C(C)(C)[C@@H]6CC[C@]54C)(C2C1)N(CC(F)(F)F)C3=O. The standard InChI is InChI=1S/C33H43F3N2O3/c1-26(2)10-12-31-13-11-30(7)29(6)9-8-20-27(3,4)24(40)19(17-37)15-28(20,5)21(29)14-23(39)33(30,22(31)16-26)38(25(31)41)18-32(34,35)36/h15,20-22H,8-14,16,18H2,1-7H3/t20-,21+,22?,28-,29+,30-,31-,33?/m0/s1. The molecule has 8 heteroatoms. The minimum absolute atomic E-state index is 0.0488. The van der Waals surface area contributed by atoms with Crippen LogP contribution in [0.4, 0.5) is 13.2 Å². The third-order valence-electron chi connectivity index (χ3n) is 14.1. The van der Waals surface area contributed by atoms with Crippen molar-refractivity contribution in [1.82, 2.24) is 4.90 Å². The fourth-order valence-electron chi connectivity index (χ4n) is 12.1. The first-order valence-electron chi connectivity index (χ1n) is 15.3.